The van der Waals surface area contributed by atoms with Crippen LogP contribution in [-0.4, -0.2) is 13.5 Å². The molecule has 2 rings (SSSR count). The van der Waals surface area contributed by atoms with Gasteiger partial charge in [-0.2, -0.15) is 0 Å². The van der Waals surface area contributed by atoms with Gasteiger partial charge >= 0.3 is 0 Å². The maximum absolute atomic E-state index is 12.4. The number of hydrogen-bond donors (Lipinski definition) is 2. The largest absolute Gasteiger partial charge is 0.392 e. The lowest BCUT2D eigenvalue weighted by Crippen LogP contribution is -2.15. The summed E-state index contributed by atoms with van der Waals surface area (Å²) in [6, 6.07) is 11.4. The Morgan fingerprint density at radius 1 is 1.20 bits per heavy atom. The van der Waals surface area contributed by atoms with E-state index in [0.29, 0.717) is 21.8 Å². The molecule has 0 aliphatic carbocycles. The lowest BCUT2D eigenvalue weighted by Gasteiger charge is -2.12. The van der Waals surface area contributed by atoms with Crippen molar-refractivity contribution in [3.8, 4) is 0 Å². The van der Waals surface area contributed by atoms with E-state index in [1.807, 2.05) is 0 Å². The number of rotatable bonds is 4. The number of sulfonamides is 1. The molecule has 0 aliphatic heterocycles. The first-order chi connectivity index (χ1) is 9.44. The molecule has 0 unspecified atom stereocenters. The van der Waals surface area contributed by atoms with Gasteiger partial charge in [-0.15, -0.1) is 0 Å². The van der Waals surface area contributed by atoms with Crippen LogP contribution in [0.25, 0.3) is 0 Å². The third-order valence-corrected chi connectivity index (χ3v) is 4.68. The summed E-state index contributed by atoms with van der Waals surface area (Å²) in [6.45, 7) is 1.48. The fourth-order valence-electron chi connectivity index (χ4n) is 1.78. The highest BCUT2D eigenvalue weighted by atomic mass is 35.5. The molecule has 0 heterocycles. The Morgan fingerprint density at radius 3 is 2.55 bits per heavy atom. The monoisotopic (exact) mass is 311 g/mol. The molecule has 0 saturated heterocycles. The van der Waals surface area contributed by atoms with Crippen molar-refractivity contribution in [3.05, 3.63) is 58.6 Å². The van der Waals surface area contributed by atoms with E-state index in [-0.39, 0.29) is 11.5 Å². The number of aliphatic hydroxyl groups is 1. The van der Waals surface area contributed by atoms with Gasteiger partial charge in [0.2, 0.25) is 0 Å². The number of aryl methyl sites for hydroxylation is 1. The van der Waals surface area contributed by atoms with Crippen molar-refractivity contribution in [2.24, 2.45) is 0 Å². The number of anilines is 1. The fourth-order valence-corrected chi connectivity index (χ4v) is 3.39. The van der Waals surface area contributed by atoms with E-state index >= 15 is 0 Å². The summed E-state index contributed by atoms with van der Waals surface area (Å²) in [4.78, 5) is 0.129. The zero-order valence-electron chi connectivity index (χ0n) is 10.8. The molecule has 6 heteroatoms. The molecule has 0 radical (unpaired) electrons. The molecule has 4 nitrogen and oxygen atoms in total. The van der Waals surface area contributed by atoms with Crippen LogP contribution in [0.2, 0.25) is 5.02 Å². The molecule has 106 valence electrons. The molecule has 0 aliphatic rings. The van der Waals surface area contributed by atoms with Crippen molar-refractivity contribution >= 4 is 27.3 Å². The summed E-state index contributed by atoms with van der Waals surface area (Å²) < 4.78 is 27.2. The van der Waals surface area contributed by atoms with Gasteiger partial charge in [-0.1, -0.05) is 35.9 Å². The Labute approximate surface area is 123 Å². The molecule has 0 bridgehead atoms. The first kappa shape index (κ1) is 14.8. The van der Waals surface area contributed by atoms with Crippen LogP contribution in [0.3, 0.4) is 0 Å². The first-order valence-electron chi connectivity index (χ1n) is 5.92. The molecule has 2 aromatic carbocycles. The van der Waals surface area contributed by atoms with Crippen molar-refractivity contribution in [2.75, 3.05) is 4.72 Å². The molecule has 0 aromatic heterocycles. The number of para-hydroxylation sites is 1. The minimum absolute atomic E-state index is 0.129. The van der Waals surface area contributed by atoms with Gasteiger partial charge in [0.05, 0.1) is 22.2 Å². The van der Waals surface area contributed by atoms with Crippen LogP contribution in [0.4, 0.5) is 5.69 Å². The van der Waals surface area contributed by atoms with Crippen LogP contribution in [-0.2, 0) is 16.6 Å². The van der Waals surface area contributed by atoms with Crippen molar-refractivity contribution in [1.82, 2.24) is 0 Å². The summed E-state index contributed by atoms with van der Waals surface area (Å²) in [7, 11) is -3.74. The second kappa shape index (κ2) is 5.83. The van der Waals surface area contributed by atoms with Crippen LogP contribution in [0.5, 0.6) is 0 Å². The minimum atomic E-state index is -3.74. The summed E-state index contributed by atoms with van der Waals surface area (Å²) in [5.41, 5.74) is 1.46. The predicted molar refractivity (Wildman–Crippen MR) is 79.4 cm³/mol. The SMILES string of the molecule is Cc1ccc(CO)cc1S(=O)(=O)Nc1ccccc1Cl. The molecule has 0 atom stereocenters. The zero-order valence-corrected chi connectivity index (χ0v) is 12.4. The maximum Gasteiger partial charge on any atom is 0.262 e. The van der Waals surface area contributed by atoms with Gasteiger partial charge in [0.1, 0.15) is 0 Å². The van der Waals surface area contributed by atoms with Gasteiger partial charge < -0.3 is 5.11 Å². The number of aliphatic hydroxyl groups excluding tert-OH is 1. The third kappa shape index (κ3) is 3.12. The molecule has 20 heavy (non-hydrogen) atoms. The quantitative estimate of drug-likeness (QED) is 0.912. The van der Waals surface area contributed by atoms with Gasteiger partial charge in [0.15, 0.2) is 0 Å². The van der Waals surface area contributed by atoms with Gasteiger partial charge in [-0.05, 0) is 36.2 Å². The second-order valence-electron chi connectivity index (χ2n) is 4.34. The van der Waals surface area contributed by atoms with Crippen LogP contribution >= 0.6 is 11.6 Å². The highest BCUT2D eigenvalue weighted by Gasteiger charge is 2.18. The number of hydrogen-bond acceptors (Lipinski definition) is 3. The summed E-state index contributed by atoms with van der Waals surface area (Å²) in [5.74, 6) is 0. The molecule has 0 spiro atoms. The molecule has 2 N–H and O–H groups in total. The average molecular weight is 312 g/mol. The molecule has 2 aromatic rings. The summed E-state index contributed by atoms with van der Waals surface area (Å²) in [5, 5.41) is 9.44. The van der Waals surface area contributed by atoms with Crippen LogP contribution in [0, 0.1) is 6.92 Å². The molecule has 0 fully saturated rings. The third-order valence-electron chi connectivity index (χ3n) is 2.84. The van der Waals surface area contributed by atoms with Crippen LogP contribution in [0.15, 0.2) is 47.4 Å². The second-order valence-corrected chi connectivity index (χ2v) is 6.40. The normalized spacial score (nSPS) is 11.3. The van der Waals surface area contributed by atoms with Crippen molar-refractivity contribution in [1.29, 1.82) is 0 Å². The lowest BCUT2D eigenvalue weighted by atomic mass is 10.2. The first-order valence-corrected chi connectivity index (χ1v) is 7.78. The Hall–Kier alpha value is -1.56. The Bertz CT molecular complexity index is 729. The van der Waals surface area contributed by atoms with E-state index in [9.17, 15) is 8.42 Å². The van der Waals surface area contributed by atoms with Crippen molar-refractivity contribution < 1.29 is 13.5 Å². The molecule has 0 saturated carbocycles. The van der Waals surface area contributed by atoms with E-state index in [1.165, 1.54) is 6.07 Å². The maximum atomic E-state index is 12.4. The zero-order chi connectivity index (χ0) is 14.8. The highest BCUT2D eigenvalue weighted by Crippen LogP contribution is 2.25. The van der Waals surface area contributed by atoms with E-state index in [0.717, 1.165) is 0 Å². The average Bonchev–Trinajstić information content (AvgIpc) is 2.41. The standard InChI is InChI=1S/C14H14ClNO3S/c1-10-6-7-11(9-17)8-14(10)20(18,19)16-13-5-3-2-4-12(13)15/h2-8,16-17H,9H2,1H3. The Kier molecular flexibility index (Phi) is 4.32. The smallest absolute Gasteiger partial charge is 0.262 e. The number of benzene rings is 2. The van der Waals surface area contributed by atoms with Crippen LogP contribution < -0.4 is 4.72 Å². The Balaban J connectivity index is 2.43. The fraction of sp³-hybridized carbons (Fsp3) is 0.143. The van der Waals surface area contributed by atoms with Gasteiger partial charge in [-0.25, -0.2) is 8.42 Å². The van der Waals surface area contributed by atoms with Crippen molar-refractivity contribution in [2.45, 2.75) is 18.4 Å². The van der Waals surface area contributed by atoms with Gasteiger partial charge in [0, 0.05) is 0 Å². The molecular weight excluding hydrogens is 298 g/mol. The molecule has 0 amide bonds. The summed E-state index contributed by atoms with van der Waals surface area (Å²) in [6.07, 6.45) is 0. The molecular formula is C14H14ClNO3S. The highest BCUT2D eigenvalue weighted by molar-refractivity contribution is 7.92. The summed E-state index contributed by atoms with van der Waals surface area (Å²) >= 11 is 5.95. The van der Waals surface area contributed by atoms with E-state index in [4.69, 9.17) is 16.7 Å². The predicted octanol–water partition coefficient (Wildman–Crippen LogP) is 2.94. The van der Waals surface area contributed by atoms with E-state index in [2.05, 4.69) is 4.72 Å². The minimum Gasteiger partial charge on any atom is -0.392 e. The number of nitrogens with one attached hydrogen (secondary N) is 1. The van der Waals surface area contributed by atoms with Crippen molar-refractivity contribution in [3.63, 3.8) is 0 Å². The lowest BCUT2D eigenvalue weighted by molar-refractivity contribution is 0.281. The Morgan fingerprint density at radius 2 is 1.90 bits per heavy atom. The number of halogens is 1. The van der Waals surface area contributed by atoms with Gasteiger partial charge in [-0.3, -0.25) is 4.72 Å². The van der Waals surface area contributed by atoms with E-state index < -0.39 is 10.0 Å². The van der Waals surface area contributed by atoms with Crippen LogP contribution in [0.1, 0.15) is 11.1 Å². The van der Waals surface area contributed by atoms with Gasteiger partial charge in [0.25, 0.3) is 10.0 Å². The topological polar surface area (TPSA) is 66.4 Å². The van der Waals surface area contributed by atoms with E-state index in [1.54, 1.807) is 43.3 Å².